The molecule has 3 aliphatic rings. The van der Waals surface area contributed by atoms with Crippen molar-refractivity contribution in [3.63, 3.8) is 0 Å². The van der Waals surface area contributed by atoms with Gasteiger partial charge < -0.3 is 10.1 Å². The van der Waals surface area contributed by atoms with E-state index in [0.29, 0.717) is 23.3 Å². The molecule has 1 aromatic heterocycles. The third kappa shape index (κ3) is 4.82. The van der Waals surface area contributed by atoms with Crippen LogP contribution >= 0.6 is 0 Å². The summed E-state index contributed by atoms with van der Waals surface area (Å²) in [5, 5.41) is 3.56. The number of piperazine rings is 1. The first-order chi connectivity index (χ1) is 16.1. The van der Waals surface area contributed by atoms with Crippen LogP contribution in [0.4, 0.5) is 0 Å². The lowest BCUT2D eigenvalue weighted by molar-refractivity contribution is -0.0650. The Morgan fingerprint density at radius 3 is 2.58 bits per heavy atom. The van der Waals surface area contributed by atoms with Crippen molar-refractivity contribution in [3.8, 4) is 5.88 Å². The van der Waals surface area contributed by atoms with E-state index in [1.165, 1.54) is 55.5 Å². The minimum absolute atomic E-state index is 0.465. The zero-order chi connectivity index (χ0) is 22.8. The molecule has 2 saturated heterocycles. The molecular weight excluding hydrogens is 408 g/mol. The Hall–Kier alpha value is -1.95. The van der Waals surface area contributed by atoms with E-state index < -0.39 is 0 Å². The van der Waals surface area contributed by atoms with Crippen molar-refractivity contribution in [2.75, 3.05) is 39.8 Å². The number of nitrogens with zero attached hydrogens (tertiary/aromatic N) is 3. The zero-order valence-electron chi connectivity index (χ0n) is 20.6. The van der Waals surface area contributed by atoms with Gasteiger partial charge in [-0.3, -0.25) is 9.80 Å². The fraction of sp³-hybridized carbons (Fsp3) is 0.607. The molecule has 1 aromatic carbocycles. The summed E-state index contributed by atoms with van der Waals surface area (Å²) in [6, 6.07) is 14.5. The van der Waals surface area contributed by atoms with E-state index >= 15 is 0 Å². The molecular formula is C28H40N4O. The van der Waals surface area contributed by atoms with Gasteiger partial charge in [0, 0.05) is 50.5 Å². The van der Waals surface area contributed by atoms with Gasteiger partial charge in [0.2, 0.25) is 5.88 Å². The molecule has 1 saturated carbocycles. The average molecular weight is 449 g/mol. The van der Waals surface area contributed by atoms with Crippen LogP contribution in [-0.4, -0.2) is 60.7 Å². The number of benzene rings is 1. The van der Waals surface area contributed by atoms with Gasteiger partial charge >= 0.3 is 0 Å². The molecule has 1 spiro atoms. The van der Waals surface area contributed by atoms with E-state index in [-0.39, 0.29) is 0 Å². The van der Waals surface area contributed by atoms with E-state index in [0.717, 1.165) is 32.2 Å². The predicted octanol–water partition coefficient (Wildman–Crippen LogP) is 4.60. The number of piperidine rings is 1. The maximum atomic E-state index is 5.24. The third-order valence-corrected chi connectivity index (χ3v) is 8.37. The van der Waals surface area contributed by atoms with Crippen molar-refractivity contribution in [3.05, 3.63) is 59.3 Å². The molecule has 5 nitrogen and oxygen atoms in total. The summed E-state index contributed by atoms with van der Waals surface area (Å²) in [5.41, 5.74) is 4.93. The molecule has 2 aromatic rings. The van der Waals surface area contributed by atoms with Crippen molar-refractivity contribution in [2.24, 2.45) is 5.41 Å². The van der Waals surface area contributed by atoms with Crippen LogP contribution in [0.15, 0.2) is 42.6 Å². The monoisotopic (exact) mass is 448 g/mol. The van der Waals surface area contributed by atoms with Crippen LogP contribution in [0.2, 0.25) is 0 Å². The second-order valence-corrected chi connectivity index (χ2v) is 10.8. The van der Waals surface area contributed by atoms with Crippen LogP contribution in [0.1, 0.15) is 68.2 Å². The molecule has 1 aliphatic carbocycles. The topological polar surface area (TPSA) is 40.6 Å². The normalized spacial score (nSPS) is 24.2. The highest BCUT2D eigenvalue weighted by molar-refractivity contribution is 5.33. The van der Waals surface area contributed by atoms with Gasteiger partial charge in [-0.2, -0.15) is 0 Å². The smallest absolute Gasteiger partial charge is 0.212 e. The van der Waals surface area contributed by atoms with Gasteiger partial charge in [-0.25, -0.2) is 4.98 Å². The maximum absolute atomic E-state index is 5.24. The molecule has 0 amide bonds. The second kappa shape index (κ2) is 9.73. The first-order valence-corrected chi connectivity index (χ1v) is 12.8. The SMILES string of the molecule is COc1ccc(CN2CCN(C3CC4(CCNCC4)C3)C(c3ccccc3C(C)C)C2)cn1. The van der Waals surface area contributed by atoms with Gasteiger partial charge in [-0.1, -0.05) is 44.2 Å². The Morgan fingerprint density at radius 1 is 1.09 bits per heavy atom. The van der Waals surface area contributed by atoms with Crippen LogP contribution in [0, 0.1) is 5.41 Å². The Bertz CT molecular complexity index is 914. The number of hydrogen-bond donors (Lipinski definition) is 1. The van der Waals surface area contributed by atoms with Gasteiger partial charge in [0.15, 0.2) is 0 Å². The van der Waals surface area contributed by atoms with Crippen molar-refractivity contribution in [2.45, 2.75) is 64.1 Å². The molecule has 0 bridgehead atoms. The van der Waals surface area contributed by atoms with Crippen LogP contribution in [0.5, 0.6) is 5.88 Å². The van der Waals surface area contributed by atoms with E-state index in [1.807, 2.05) is 12.3 Å². The second-order valence-electron chi connectivity index (χ2n) is 10.8. The molecule has 0 radical (unpaired) electrons. The van der Waals surface area contributed by atoms with Crippen LogP contribution < -0.4 is 10.1 Å². The number of pyridine rings is 1. The highest BCUT2D eigenvalue weighted by Crippen LogP contribution is 2.52. The number of ether oxygens (including phenoxy) is 1. The zero-order valence-corrected chi connectivity index (χ0v) is 20.6. The Balaban J connectivity index is 1.35. The summed E-state index contributed by atoms with van der Waals surface area (Å²) in [6.07, 6.45) is 7.46. The summed E-state index contributed by atoms with van der Waals surface area (Å²) < 4.78 is 5.24. The Labute approximate surface area is 199 Å². The van der Waals surface area contributed by atoms with Crippen LogP contribution in [0.25, 0.3) is 0 Å². The molecule has 5 heteroatoms. The van der Waals surface area contributed by atoms with Crippen molar-refractivity contribution in [1.82, 2.24) is 20.1 Å². The lowest BCUT2D eigenvalue weighted by Crippen LogP contribution is -2.59. The highest BCUT2D eigenvalue weighted by atomic mass is 16.5. The molecule has 5 rings (SSSR count). The van der Waals surface area contributed by atoms with Gasteiger partial charge in [-0.05, 0) is 66.8 Å². The summed E-state index contributed by atoms with van der Waals surface area (Å²) in [4.78, 5) is 9.92. The standard InChI is InChI=1S/C28H40N4O/c1-21(2)24-6-4-5-7-25(24)26-20-31(19-22-8-9-27(33-3)30-18-22)14-15-32(26)23-16-28(17-23)10-12-29-13-11-28/h4-9,18,21,23,26,29H,10-17,19-20H2,1-3H3. The minimum atomic E-state index is 0.465. The summed E-state index contributed by atoms with van der Waals surface area (Å²) >= 11 is 0. The fourth-order valence-corrected chi connectivity index (χ4v) is 6.47. The largest absolute Gasteiger partial charge is 0.481 e. The van der Waals surface area contributed by atoms with Gasteiger partial charge in [-0.15, -0.1) is 0 Å². The first kappa shape index (κ1) is 22.8. The van der Waals surface area contributed by atoms with Gasteiger partial charge in [0.1, 0.15) is 0 Å². The number of hydrogen-bond acceptors (Lipinski definition) is 5. The molecule has 1 atom stereocenters. The summed E-state index contributed by atoms with van der Waals surface area (Å²) in [5.74, 6) is 1.23. The van der Waals surface area contributed by atoms with Crippen molar-refractivity contribution >= 4 is 0 Å². The van der Waals surface area contributed by atoms with E-state index in [9.17, 15) is 0 Å². The molecule has 1 unspecified atom stereocenters. The lowest BCUT2D eigenvalue weighted by Gasteiger charge is -2.57. The molecule has 3 fully saturated rings. The average Bonchev–Trinajstić information content (AvgIpc) is 2.83. The van der Waals surface area contributed by atoms with E-state index in [2.05, 4.69) is 64.3 Å². The minimum Gasteiger partial charge on any atom is -0.481 e. The highest BCUT2D eigenvalue weighted by Gasteiger charge is 2.49. The van der Waals surface area contributed by atoms with Crippen LogP contribution in [0.3, 0.4) is 0 Å². The van der Waals surface area contributed by atoms with Gasteiger partial charge in [0.25, 0.3) is 0 Å². The Kier molecular flexibility index (Phi) is 6.73. The quantitative estimate of drug-likeness (QED) is 0.699. The van der Waals surface area contributed by atoms with Gasteiger partial charge in [0.05, 0.1) is 7.11 Å². The fourth-order valence-electron chi connectivity index (χ4n) is 6.47. The number of methoxy groups -OCH3 is 1. The van der Waals surface area contributed by atoms with Crippen molar-refractivity contribution in [1.29, 1.82) is 0 Å². The molecule has 3 heterocycles. The van der Waals surface area contributed by atoms with Crippen LogP contribution in [-0.2, 0) is 6.54 Å². The number of aromatic nitrogens is 1. The van der Waals surface area contributed by atoms with E-state index in [1.54, 1.807) is 7.11 Å². The summed E-state index contributed by atoms with van der Waals surface area (Å²) in [6.45, 7) is 11.4. The number of nitrogens with one attached hydrogen (secondary N) is 1. The third-order valence-electron chi connectivity index (χ3n) is 8.37. The molecule has 178 valence electrons. The number of rotatable bonds is 6. The molecule has 33 heavy (non-hydrogen) atoms. The van der Waals surface area contributed by atoms with E-state index in [4.69, 9.17) is 4.74 Å². The maximum Gasteiger partial charge on any atom is 0.212 e. The molecule has 1 N–H and O–H groups in total. The Morgan fingerprint density at radius 2 is 1.88 bits per heavy atom. The van der Waals surface area contributed by atoms with Crippen molar-refractivity contribution < 1.29 is 4.74 Å². The predicted molar refractivity (Wildman–Crippen MR) is 134 cm³/mol. The summed E-state index contributed by atoms with van der Waals surface area (Å²) in [7, 11) is 1.67. The first-order valence-electron chi connectivity index (χ1n) is 12.8. The lowest BCUT2D eigenvalue weighted by atomic mass is 9.60. The molecule has 2 aliphatic heterocycles.